The van der Waals surface area contributed by atoms with Gasteiger partial charge in [0.25, 0.3) is 10.0 Å². The molecule has 3 aromatic rings. The molecule has 0 spiro atoms. The van der Waals surface area contributed by atoms with E-state index in [1.54, 1.807) is 60.7 Å². The molecule has 0 aliphatic heterocycles. The number of methoxy groups -OCH3 is 1. The summed E-state index contributed by atoms with van der Waals surface area (Å²) in [6.07, 6.45) is 0. The van der Waals surface area contributed by atoms with Gasteiger partial charge in [0.15, 0.2) is 0 Å². The molecular formula is C21H18ClIN2O4S. The van der Waals surface area contributed by atoms with Crippen LogP contribution in [0.5, 0.6) is 5.75 Å². The summed E-state index contributed by atoms with van der Waals surface area (Å²) in [5.41, 5.74) is 0.738. The van der Waals surface area contributed by atoms with Gasteiger partial charge in [0, 0.05) is 8.59 Å². The Morgan fingerprint density at radius 2 is 1.73 bits per heavy atom. The van der Waals surface area contributed by atoms with Gasteiger partial charge in [0.1, 0.15) is 12.3 Å². The van der Waals surface area contributed by atoms with Crippen LogP contribution in [0.15, 0.2) is 77.7 Å². The van der Waals surface area contributed by atoms with Gasteiger partial charge in [-0.1, -0.05) is 29.8 Å². The molecule has 6 nitrogen and oxygen atoms in total. The second-order valence-corrected chi connectivity index (χ2v) is 9.74. The summed E-state index contributed by atoms with van der Waals surface area (Å²) < 4.78 is 33.8. The molecule has 0 fully saturated rings. The number of rotatable bonds is 7. The zero-order chi connectivity index (χ0) is 21.7. The molecule has 0 saturated carbocycles. The third kappa shape index (κ3) is 5.24. The quantitative estimate of drug-likeness (QED) is 0.425. The molecule has 0 aliphatic carbocycles. The standard InChI is InChI=1S/C21H18ClIN2O4S/c1-29-20-12-7-15(22)13-19(20)24-21(26)14-25(17-10-8-16(23)9-11-17)30(27,28)18-5-3-2-4-6-18/h2-13H,14H2,1H3,(H,24,26). The normalized spacial score (nSPS) is 11.0. The molecule has 0 heterocycles. The van der Waals surface area contributed by atoms with Crippen molar-refractivity contribution in [2.45, 2.75) is 4.90 Å². The zero-order valence-electron chi connectivity index (χ0n) is 15.9. The van der Waals surface area contributed by atoms with Gasteiger partial charge in [-0.05, 0) is 77.2 Å². The van der Waals surface area contributed by atoms with Gasteiger partial charge in [-0.15, -0.1) is 0 Å². The van der Waals surface area contributed by atoms with Crippen LogP contribution in [0.25, 0.3) is 0 Å². The van der Waals surface area contributed by atoms with E-state index in [2.05, 4.69) is 27.9 Å². The predicted molar refractivity (Wildman–Crippen MR) is 127 cm³/mol. The second-order valence-electron chi connectivity index (χ2n) is 6.19. The van der Waals surface area contributed by atoms with E-state index in [9.17, 15) is 13.2 Å². The van der Waals surface area contributed by atoms with Crippen LogP contribution >= 0.6 is 34.2 Å². The van der Waals surface area contributed by atoms with Crippen molar-refractivity contribution in [3.05, 3.63) is 81.4 Å². The fourth-order valence-corrected chi connectivity index (χ4v) is 4.71. The molecule has 0 aliphatic rings. The molecule has 156 valence electrons. The van der Waals surface area contributed by atoms with Gasteiger partial charge < -0.3 is 10.1 Å². The Kier molecular flexibility index (Phi) is 7.22. The lowest BCUT2D eigenvalue weighted by Crippen LogP contribution is -2.38. The van der Waals surface area contributed by atoms with E-state index < -0.39 is 22.5 Å². The van der Waals surface area contributed by atoms with Crippen molar-refractivity contribution in [1.29, 1.82) is 0 Å². The van der Waals surface area contributed by atoms with E-state index in [1.807, 2.05) is 0 Å². The van der Waals surface area contributed by atoms with Crippen LogP contribution in [-0.2, 0) is 14.8 Å². The molecule has 30 heavy (non-hydrogen) atoms. The first-order valence-corrected chi connectivity index (χ1v) is 11.7. The summed E-state index contributed by atoms with van der Waals surface area (Å²) in [7, 11) is -2.50. The summed E-state index contributed by atoms with van der Waals surface area (Å²) in [5.74, 6) is -0.117. The van der Waals surface area contributed by atoms with Crippen molar-refractivity contribution in [3.8, 4) is 5.75 Å². The highest BCUT2D eigenvalue weighted by molar-refractivity contribution is 14.1. The minimum atomic E-state index is -3.97. The molecule has 0 bridgehead atoms. The SMILES string of the molecule is COc1ccc(Cl)cc1NC(=O)CN(c1ccc(I)cc1)S(=O)(=O)c1ccccc1. The number of anilines is 2. The number of halogens is 2. The maximum Gasteiger partial charge on any atom is 0.264 e. The number of amides is 1. The largest absolute Gasteiger partial charge is 0.495 e. The van der Waals surface area contributed by atoms with Crippen molar-refractivity contribution in [3.63, 3.8) is 0 Å². The van der Waals surface area contributed by atoms with E-state index in [4.69, 9.17) is 16.3 Å². The molecule has 0 saturated heterocycles. The molecule has 0 atom stereocenters. The number of nitrogens with zero attached hydrogens (tertiary/aromatic N) is 1. The fraction of sp³-hybridized carbons (Fsp3) is 0.0952. The number of ether oxygens (including phenoxy) is 1. The Labute approximate surface area is 194 Å². The third-order valence-corrected chi connectivity index (χ3v) is 6.91. The zero-order valence-corrected chi connectivity index (χ0v) is 19.6. The van der Waals surface area contributed by atoms with Crippen LogP contribution in [0.2, 0.25) is 5.02 Å². The van der Waals surface area contributed by atoms with E-state index in [0.717, 1.165) is 7.88 Å². The fourth-order valence-electron chi connectivity index (χ4n) is 2.74. The highest BCUT2D eigenvalue weighted by atomic mass is 127. The number of sulfonamides is 1. The molecule has 1 amide bonds. The van der Waals surface area contributed by atoms with Crippen LogP contribution in [0.3, 0.4) is 0 Å². The van der Waals surface area contributed by atoms with Crippen LogP contribution in [0.4, 0.5) is 11.4 Å². The van der Waals surface area contributed by atoms with Gasteiger partial charge in [0.2, 0.25) is 5.91 Å². The number of hydrogen-bond acceptors (Lipinski definition) is 4. The molecule has 3 rings (SSSR count). The average Bonchev–Trinajstić information content (AvgIpc) is 2.73. The Morgan fingerprint density at radius 3 is 2.37 bits per heavy atom. The van der Waals surface area contributed by atoms with Crippen LogP contribution in [0.1, 0.15) is 0 Å². The first-order chi connectivity index (χ1) is 14.3. The first kappa shape index (κ1) is 22.4. The summed E-state index contributed by atoms with van der Waals surface area (Å²) in [5, 5.41) is 3.10. The Hall–Kier alpha value is -2.30. The number of carbonyl (C=O) groups is 1. The molecule has 3 aromatic carbocycles. The number of benzene rings is 3. The van der Waals surface area contributed by atoms with E-state index in [-0.39, 0.29) is 4.90 Å². The lowest BCUT2D eigenvalue weighted by Gasteiger charge is -2.24. The van der Waals surface area contributed by atoms with Gasteiger partial charge in [0.05, 0.1) is 23.4 Å². The van der Waals surface area contributed by atoms with E-state index in [0.29, 0.717) is 22.1 Å². The maximum atomic E-state index is 13.3. The monoisotopic (exact) mass is 556 g/mol. The number of carbonyl (C=O) groups excluding carboxylic acids is 1. The van der Waals surface area contributed by atoms with Crippen molar-refractivity contribution < 1.29 is 17.9 Å². The summed E-state index contributed by atoms with van der Waals surface area (Å²) in [6.45, 7) is -0.423. The minimum absolute atomic E-state index is 0.0942. The predicted octanol–water partition coefficient (Wildman–Crippen LogP) is 4.79. The lowest BCUT2D eigenvalue weighted by molar-refractivity contribution is -0.114. The number of nitrogens with one attached hydrogen (secondary N) is 1. The van der Waals surface area contributed by atoms with Gasteiger partial charge >= 0.3 is 0 Å². The van der Waals surface area contributed by atoms with Crippen LogP contribution in [0, 0.1) is 3.57 Å². The molecule has 0 unspecified atom stereocenters. The van der Waals surface area contributed by atoms with Gasteiger partial charge in [-0.3, -0.25) is 9.10 Å². The van der Waals surface area contributed by atoms with Crippen molar-refractivity contribution >= 4 is 61.5 Å². The van der Waals surface area contributed by atoms with E-state index in [1.165, 1.54) is 19.2 Å². The molecule has 9 heteroatoms. The molecule has 1 N–H and O–H groups in total. The topological polar surface area (TPSA) is 75.7 Å². The average molecular weight is 557 g/mol. The summed E-state index contributed by atoms with van der Waals surface area (Å²) in [4.78, 5) is 12.9. The molecule has 0 radical (unpaired) electrons. The maximum absolute atomic E-state index is 13.3. The summed E-state index contributed by atoms with van der Waals surface area (Å²) in [6, 6.07) is 19.7. The highest BCUT2D eigenvalue weighted by Crippen LogP contribution is 2.29. The Bertz CT molecular complexity index is 1140. The van der Waals surface area contributed by atoms with Gasteiger partial charge in [-0.2, -0.15) is 0 Å². The lowest BCUT2D eigenvalue weighted by atomic mass is 10.3. The van der Waals surface area contributed by atoms with Crippen molar-refractivity contribution in [2.75, 3.05) is 23.3 Å². The van der Waals surface area contributed by atoms with Crippen molar-refractivity contribution in [2.24, 2.45) is 0 Å². The van der Waals surface area contributed by atoms with Crippen LogP contribution < -0.4 is 14.4 Å². The molecule has 0 aromatic heterocycles. The number of hydrogen-bond donors (Lipinski definition) is 1. The Balaban J connectivity index is 1.94. The first-order valence-electron chi connectivity index (χ1n) is 8.78. The Morgan fingerprint density at radius 1 is 1.07 bits per heavy atom. The highest BCUT2D eigenvalue weighted by Gasteiger charge is 2.27. The van der Waals surface area contributed by atoms with Crippen LogP contribution in [-0.4, -0.2) is 28.0 Å². The van der Waals surface area contributed by atoms with Crippen molar-refractivity contribution in [1.82, 2.24) is 0 Å². The minimum Gasteiger partial charge on any atom is -0.495 e. The third-order valence-electron chi connectivity index (χ3n) is 4.17. The molecular weight excluding hydrogens is 539 g/mol. The second kappa shape index (κ2) is 9.67. The summed E-state index contributed by atoms with van der Waals surface area (Å²) >= 11 is 8.14. The smallest absolute Gasteiger partial charge is 0.264 e. The van der Waals surface area contributed by atoms with Gasteiger partial charge in [-0.25, -0.2) is 8.42 Å². The van der Waals surface area contributed by atoms with E-state index >= 15 is 0 Å².